The Balaban J connectivity index is 2.02. The second-order valence-electron chi connectivity index (χ2n) is 5.55. The van der Waals surface area contributed by atoms with Gasteiger partial charge in [-0.25, -0.2) is 0 Å². The molecule has 0 radical (unpaired) electrons. The summed E-state index contributed by atoms with van der Waals surface area (Å²) < 4.78 is 0. The second kappa shape index (κ2) is 4.02. The summed E-state index contributed by atoms with van der Waals surface area (Å²) in [4.78, 5) is 0. The SMILES string of the molecule is CC(C)C1CCC[C@@H]2CCCCC12. The lowest BCUT2D eigenvalue weighted by atomic mass is 9.63. The van der Waals surface area contributed by atoms with Crippen LogP contribution in [0.15, 0.2) is 0 Å². The molecule has 0 amide bonds. The summed E-state index contributed by atoms with van der Waals surface area (Å²) in [5.41, 5.74) is 0. The van der Waals surface area contributed by atoms with Gasteiger partial charge in [0.05, 0.1) is 0 Å². The van der Waals surface area contributed by atoms with Crippen LogP contribution in [0.4, 0.5) is 0 Å². The molecule has 0 heteroatoms. The number of rotatable bonds is 1. The maximum atomic E-state index is 2.43. The average molecular weight is 180 g/mol. The van der Waals surface area contributed by atoms with Crippen LogP contribution in [0.2, 0.25) is 0 Å². The third kappa shape index (κ3) is 1.92. The summed E-state index contributed by atoms with van der Waals surface area (Å²) >= 11 is 0. The van der Waals surface area contributed by atoms with Crippen LogP contribution in [-0.4, -0.2) is 0 Å². The van der Waals surface area contributed by atoms with Gasteiger partial charge in [-0.1, -0.05) is 46.0 Å². The molecule has 3 atom stereocenters. The molecular formula is C13H24. The van der Waals surface area contributed by atoms with Crippen molar-refractivity contribution in [1.29, 1.82) is 0 Å². The molecule has 0 aliphatic heterocycles. The molecule has 0 nitrogen and oxygen atoms in total. The average Bonchev–Trinajstić information content (AvgIpc) is 2.17. The molecule has 0 aromatic carbocycles. The third-order valence-electron chi connectivity index (χ3n) is 4.49. The molecule has 2 aliphatic carbocycles. The van der Waals surface area contributed by atoms with Crippen molar-refractivity contribution in [1.82, 2.24) is 0 Å². The van der Waals surface area contributed by atoms with Crippen molar-refractivity contribution in [2.24, 2.45) is 23.7 Å². The Morgan fingerprint density at radius 3 is 2.31 bits per heavy atom. The maximum absolute atomic E-state index is 2.43. The van der Waals surface area contributed by atoms with E-state index < -0.39 is 0 Å². The van der Waals surface area contributed by atoms with Gasteiger partial charge in [0, 0.05) is 0 Å². The summed E-state index contributed by atoms with van der Waals surface area (Å²) in [5.74, 6) is 4.24. The van der Waals surface area contributed by atoms with Crippen LogP contribution in [0.5, 0.6) is 0 Å². The van der Waals surface area contributed by atoms with Gasteiger partial charge in [-0.2, -0.15) is 0 Å². The lowest BCUT2D eigenvalue weighted by molar-refractivity contribution is 0.0747. The molecule has 0 spiro atoms. The smallest absolute Gasteiger partial charge is 0.0355 e. The first-order valence-electron chi connectivity index (χ1n) is 6.29. The molecule has 0 aromatic rings. The van der Waals surface area contributed by atoms with Crippen molar-refractivity contribution in [3.63, 3.8) is 0 Å². The van der Waals surface area contributed by atoms with E-state index in [-0.39, 0.29) is 0 Å². The predicted molar refractivity (Wildman–Crippen MR) is 57.6 cm³/mol. The summed E-state index contributed by atoms with van der Waals surface area (Å²) in [6, 6.07) is 0. The normalized spacial score (nSPS) is 40.4. The van der Waals surface area contributed by atoms with Crippen molar-refractivity contribution >= 4 is 0 Å². The number of fused-ring (bicyclic) bond motifs is 1. The molecule has 0 saturated heterocycles. The highest BCUT2D eigenvalue weighted by Gasteiger charge is 2.35. The zero-order valence-corrected chi connectivity index (χ0v) is 9.26. The molecule has 2 aliphatic rings. The molecule has 0 aromatic heterocycles. The van der Waals surface area contributed by atoms with Gasteiger partial charge in [-0.05, 0) is 36.5 Å². The maximum Gasteiger partial charge on any atom is -0.0355 e. The quantitative estimate of drug-likeness (QED) is 0.566. The topological polar surface area (TPSA) is 0 Å². The van der Waals surface area contributed by atoms with E-state index in [1.54, 1.807) is 19.3 Å². The summed E-state index contributed by atoms with van der Waals surface area (Å²) in [6.45, 7) is 4.86. The van der Waals surface area contributed by atoms with E-state index in [4.69, 9.17) is 0 Å². The van der Waals surface area contributed by atoms with Crippen LogP contribution in [-0.2, 0) is 0 Å². The molecule has 0 bridgehead atoms. The van der Waals surface area contributed by atoms with E-state index in [2.05, 4.69) is 13.8 Å². The Morgan fingerprint density at radius 1 is 0.846 bits per heavy atom. The third-order valence-corrected chi connectivity index (χ3v) is 4.49. The van der Waals surface area contributed by atoms with E-state index in [0.29, 0.717) is 0 Å². The highest BCUT2D eigenvalue weighted by Crippen LogP contribution is 2.46. The first kappa shape index (κ1) is 9.55. The van der Waals surface area contributed by atoms with Crippen LogP contribution in [0, 0.1) is 23.7 Å². The first-order valence-corrected chi connectivity index (χ1v) is 6.29. The van der Waals surface area contributed by atoms with Gasteiger partial charge in [0.25, 0.3) is 0 Å². The van der Waals surface area contributed by atoms with Crippen molar-refractivity contribution in [2.45, 2.75) is 58.8 Å². The zero-order valence-electron chi connectivity index (χ0n) is 9.26. The molecule has 2 saturated carbocycles. The number of hydrogen-bond acceptors (Lipinski definition) is 0. The fourth-order valence-corrected chi connectivity index (χ4v) is 3.82. The van der Waals surface area contributed by atoms with Crippen molar-refractivity contribution in [3.05, 3.63) is 0 Å². The minimum atomic E-state index is 0.936. The minimum Gasteiger partial charge on any atom is -0.0625 e. The lowest BCUT2D eigenvalue weighted by Crippen LogP contribution is -2.33. The minimum absolute atomic E-state index is 0.936. The zero-order chi connectivity index (χ0) is 9.26. The van der Waals surface area contributed by atoms with E-state index >= 15 is 0 Å². The van der Waals surface area contributed by atoms with E-state index in [0.717, 1.165) is 23.7 Å². The lowest BCUT2D eigenvalue weighted by Gasteiger charge is -2.43. The summed E-state index contributed by atoms with van der Waals surface area (Å²) in [6.07, 6.45) is 10.7. The van der Waals surface area contributed by atoms with Crippen LogP contribution in [0.1, 0.15) is 58.8 Å². The van der Waals surface area contributed by atoms with Crippen LogP contribution < -0.4 is 0 Å². The van der Waals surface area contributed by atoms with Crippen LogP contribution in [0.25, 0.3) is 0 Å². The monoisotopic (exact) mass is 180 g/mol. The molecule has 2 unspecified atom stereocenters. The van der Waals surface area contributed by atoms with Gasteiger partial charge in [0.15, 0.2) is 0 Å². The van der Waals surface area contributed by atoms with Gasteiger partial charge in [0.1, 0.15) is 0 Å². The fraction of sp³-hybridized carbons (Fsp3) is 1.00. The van der Waals surface area contributed by atoms with Gasteiger partial charge in [-0.3, -0.25) is 0 Å². The largest absolute Gasteiger partial charge is 0.0625 e. The highest BCUT2D eigenvalue weighted by atomic mass is 14.4. The Bertz CT molecular complexity index is 157. The van der Waals surface area contributed by atoms with Crippen LogP contribution >= 0.6 is 0 Å². The molecule has 0 N–H and O–H groups in total. The Kier molecular flexibility index (Phi) is 2.96. The molecule has 0 heterocycles. The fourth-order valence-electron chi connectivity index (χ4n) is 3.82. The van der Waals surface area contributed by atoms with E-state index in [1.807, 2.05) is 0 Å². The highest BCUT2D eigenvalue weighted by molar-refractivity contribution is 4.86. The Labute approximate surface area is 83.1 Å². The van der Waals surface area contributed by atoms with Gasteiger partial charge in [-0.15, -0.1) is 0 Å². The molecule has 2 rings (SSSR count). The first-order chi connectivity index (χ1) is 6.29. The predicted octanol–water partition coefficient (Wildman–Crippen LogP) is 4.25. The van der Waals surface area contributed by atoms with Crippen molar-refractivity contribution < 1.29 is 0 Å². The van der Waals surface area contributed by atoms with Crippen LogP contribution in [0.3, 0.4) is 0 Å². The van der Waals surface area contributed by atoms with Crippen molar-refractivity contribution in [3.8, 4) is 0 Å². The van der Waals surface area contributed by atoms with Gasteiger partial charge in [0.2, 0.25) is 0 Å². The van der Waals surface area contributed by atoms with E-state index in [9.17, 15) is 0 Å². The molecule has 76 valence electrons. The van der Waals surface area contributed by atoms with E-state index in [1.165, 1.54) is 25.7 Å². The molecule has 2 fully saturated rings. The summed E-state index contributed by atoms with van der Waals surface area (Å²) in [7, 11) is 0. The van der Waals surface area contributed by atoms with Crippen molar-refractivity contribution in [2.75, 3.05) is 0 Å². The Morgan fingerprint density at radius 2 is 1.54 bits per heavy atom. The molecular weight excluding hydrogens is 156 g/mol. The van der Waals surface area contributed by atoms with Gasteiger partial charge >= 0.3 is 0 Å². The molecule has 13 heavy (non-hydrogen) atoms. The summed E-state index contributed by atoms with van der Waals surface area (Å²) in [5, 5.41) is 0. The second-order valence-corrected chi connectivity index (χ2v) is 5.55. The standard InChI is InChI=1S/C13H24/c1-10(2)12-9-5-7-11-6-3-4-8-13(11)12/h10-13H,3-9H2,1-2H3/t11-,12?,13?/m0/s1. The van der Waals surface area contributed by atoms with Gasteiger partial charge < -0.3 is 0 Å². The Hall–Kier alpha value is 0. The number of hydrogen-bond donors (Lipinski definition) is 0.